The van der Waals surface area contributed by atoms with Crippen molar-refractivity contribution in [1.82, 2.24) is 30.8 Å². The van der Waals surface area contributed by atoms with Gasteiger partial charge in [0.15, 0.2) is 0 Å². The summed E-state index contributed by atoms with van der Waals surface area (Å²) in [6, 6.07) is 4.87. The first-order chi connectivity index (χ1) is 20.6. The minimum absolute atomic E-state index is 0.0767. The molecule has 1 fully saturated rings. The van der Waals surface area contributed by atoms with Gasteiger partial charge in [0, 0.05) is 31.3 Å². The lowest BCUT2D eigenvalue weighted by atomic mass is 10.0. The van der Waals surface area contributed by atoms with E-state index in [0.29, 0.717) is 19.4 Å². The Morgan fingerprint density at radius 3 is 2.52 bits per heavy atom. The molecule has 1 saturated heterocycles. The normalized spacial score (nSPS) is 17.5. The van der Waals surface area contributed by atoms with Crippen molar-refractivity contribution in [3.05, 3.63) is 42.2 Å². The number of hydrogen-bond acceptors (Lipinski definition) is 8. The van der Waals surface area contributed by atoms with Crippen LogP contribution in [0, 0.1) is 5.92 Å². The van der Waals surface area contributed by atoms with Gasteiger partial charge in [-0.3, -0.25) is 28.9 Å². The number of carbonyl (C=O) groups is 4. The second-order valence-electron chi connectivity index (χ2n) is 11.1. The summed E-state index contributed by atoms with van der Waals surface area (Å²) in [6.45, 7) is 6.98. The maximum atomic E-state index is 13.1. The third-order valence-corrected chi connectivity index (χ3v) is 7.34. The number of rotatable bonds is 12. The van der Waals surface area contributed by atoms with Crippen LogP contribution in [0.5, 0.6) is 0 Å². The van der Waals surface area contributed by atoms with Crippen molar-refractivity contribution in [2.75, 3.05) is 13.2 Å². The molecule has 0 bridgehead atoms. The molecular weight excluding hydrogens is 635 g/mol. The first kappa shape index (κ1) is 35.6. The number of hydrogen-bond donors (Lipinski definition) is 4. The zero-order valence-corrected chi connectivity index (χ0v) is 27.3. The number of hydrazine groups is 1. The van der Waals surface area contributed by atoms with Crippen molar-refractivity contribution in [3.8, 4) is 11.1 Å². The Balaban J connectivity index is 1.51. The summed E-state index contributed by atoms with van der Waals surface area (Å²) in [5, 5.41) is 20.9. The predicted molar refractivity (Wildman–Crippen MR) is 166 cm³/mol. The van der Waals surface area contributed by atoms with Crippen molar-refractivity contribution in [1.29, 1.82) is 0 Å². The molecule has 1 aromatic carbocycles. The van der Waals surface area contributed by atoms with E-state index in [2.05, 4.69) is 21.2 Å². The molecular formula is C29H39Cl3N6O6. The molecule has 1 aliphatic heterocycles. The quantitative estimate of drug-likeness (QED) is 0.198. The van der Waals surface area contributed by atoms with Gasteiger partial charge in [-0.05, 0) is 49.8 Å². The number of aliphatic hydroxyl groups excluding tert-OH is 1. The van der Waals surface area contributed by atoms with Crippen LogP contribution >= 0.6 is 34.8 Å². The minimum atomic E-state index is -1.75. The number of aliphatic hydroxyl groups is 1. The predicted octanol–water partition coefficient (Wildman–Crippen LogP) is 3.05. The van der Waals surface area contributed by atoms with E-state index in [9.17, 15) is 24.3 Å². The van der Waals surface area contributed by atoms with Crippen LogP contribution in [-0.2, 0) is 30.5 Å². The Hall–Kier alpha value is -2.90. The third kappa shape index (κ3) is 10.6. The molecule has 3 rings (SSSR count). The van der Waals surface area contributed by atoms with Gasteiger partial charge in [0.2, 0.25) is 15.6 Å². The topological polar surface area (TPSA) is 155 Å². The zero-order chi connectivity index (χ0) is 32.6. The highest BCUT2D eigenvalue weighted by atomic mass is 35.6. The number of carbonyl (C=O) groups excluding carboxylic acids is 4. The molecule has 3 amide bonds. The van der Waals surface area contributed by atoms with Crippen LogP contribution in [-0.4, -0.2) is 78.7 Å². The molecule has 44 heavy (non-hydrogen) atoms. The number of alkyl halides is 3. The molecule has 0 spiro atoms. The average molecular weight is 674 g/mol. The van der Waals surface area contributed by atoms with E-state index in [1.807, 2.05) is 30.5 Å². The molecule has 2 aromatic rings. The number of ether oxygens (including phenoxy) is 1. The maximum Gasteiger partial charge on any atom is 0.325 e. The summed E-state index contributed by atoms with van der Waals surface area (Å²) in [5.74, 6) is -2.24. The summed E-state index contributed by atoms with van der Waals surface area (Å²) in [6.07, 6.45) is 3.92. The van der Waals surface area contributed by atoms with Gasteiger partial charge in [0.25, 0.3) is 5.91 Å². The highest BCUT2D eigenvalue weighted by molar-refractivity contribution is 6.67. The Bertz CT molecular complexity index is 1310. The fourth-order valence-corrected chi connectivity index (χ4v) is 4.74. The standard InChI is InChI=1S/C29H39Cl3N6O6/c1-17(2)25(35-24(40)10-12-37-15-22(14-33-37)21-8-5-7-20(13-21)19(4)39)26(41)34-18(3)27(42)38-11-6-9-23(36-38)28(43)44-16-29(30,31)32/h5,7-8,13-15,17-19,23,25,36,39H,6,9-12,16H2,1-4H3,(H,34,41)(H,35,40)/t18-,19+,23-,25-/m0/s1. The van der Waals surface area contributed by atoms with Crippen molar-refractivity contribution < 1.29 is 29.0 Å². The van der Waals surface area contributed by atoms with E-state index in [0.717, 1.165) is 16.7 Å². The van der Waals surface area contributed by atoms with Crippen LogP contribution in [0.25, 0.3) is 11.1 Å². The molecule has 242 valence electrons. The van der Waals surface area contributed by atoms with Crippen LogP contribution in [0.15, 0.2) is 36.7 Å². The van der Waals surface area contributed by atoms with Crippen molar-refractivity contribution in [3.63, 3.8) is 0 Å². The molecule has 15 heteroatoms. The summed E-state index contributed by atoms with van der Waals surface area (Å²) in [7, 11) is 0. The third-order valence-electron chi connectivity index (χ3n) is 7.01. The molecule has 0 radical (unpaired) electrons. The van der Waals surface area contributed by atoms with E-state index in [4.69, 9.17) is 39.5 Å². The number of nitrogens with zero attached hydrogens (tertiary/aromatic N) is 3. The van der Waals surface area contributed by atoms with Gasteiger partial charge in [0.05, 0.1) is 12.3 Å². The Kier molecular flexibility index (Phi) is 12.9. The van der Waals surface area contributed by atoms with Crippen LogP contribution in [0.4, 0.5) is 0 Å². The van der Waals surface area contributed by atoms with Crippen molar-refractivity contribution in [2.24, 2.45) is 5.92 Å². The van der Waals surface area contributed by atoms with Crippen molar-refractivity contribution >= 4 is 58.5 Å². The highest BCUT2D eigenvalue weighted by Gasteiger charge is 2.34. The van der Waals surface area contributed by atoms with Gasteiger partial charge in [-0.1, -0.05) is 66.8 Å². The van der Waals surface area contributed by atoms with Gasteiger partial charge in [-0.25, -0.2) is 5.43 Å². The first-order valence-electron chi connectivity index (χ1n) is 14.4. The SMILES string of the molecule is CC(C)[C@H](NC(=O)CCn1cc(-c2cccc([C@@H](C)O)c2)cn1)C(=O)N[C@@H](C)C(=O)N1CCC[C@@H](C(=O)OCC(Cl)(Cl)Cl)N1. The molecule has 2 heterocycles. The lowest BCUT2D eigenvalue weighted by molar-refractivity contribution is -0.152. The number of aryl methyl sites for hydroxylation is 1. The fourth-order valence-electron chi connectivity index (χ4n) is 4.58. The zero-order valence-electron chi connectivity index (χ0n) is 25.1. The summed E-state index contributed by atoms with van der Waals surface area (Å²) >= 11 is 16.9. The minimum Gasteiger partial charge on any atom is -0.460 e. The van der Waals surface area contributed by atoms with E-state index >= 15 is 0 Å². The second kappa shape index (κ2) is 15.9. The van der Waals surface area contributed by atoms with Gasteiger partial charge in [-0.15, -0.1) is 0 Å². The second-order valence-corrected chi connectivity index (χ2v) is 13.6. The number of amides is 3. The van der Waals surface area contributed by atoms with E-state index < -0.39 is 52.4 Å². The molecule has 1 aromatic heterocycles. The average Bonchev–Trinajstić information content (AvgIpc) is 3.46. The molecule has 4 N–H and O–H groups in total. The van der Waals surface area contributed by atoms with E-state index in [-0.39, 0.29) is 24.8 Å². The molecule has 0 aliphatic carbocycles. The molecule has 0 saturated carbocycles. The van der Waals surface area contributed by atoms with Crippen LogP contribution in [0.1, 0.15) is 58.6 Å². The first-order valence-corrected chi connectivity index (χ1v) is 15.5. The highest BCUT2D eigenvalue weighted by Crippen LogP contribution is 2.26. The van der Waals surface area contributed by atoms with Crippen LogP contribution < -0.4 is 16.1 Å². The molecule has 1 aliphatic rings. The molecule has 12 nitrogen and oxygen atoms in total. The number of benzene rings is 1. The Morgan fingerprint density at radius 1 is 1.14 bits per heavy atom. The lowest BCUT2D eigenvalue weighted by Gasteiger charge is -2.34. The number of esters is 1. The smallest absolute Gasteiger partial charge is 0.325 e. The largest absolute Gasteiger partial charge is 0.460 e. The van der Waals surface area contributed by atoms with Crippen LogP contribution in [0.2, 0.25) is 0 Å². The number of nitrogens with one attached hydrogen (secondary N) is 3. The number of halogens is 3. The van der Waals surface area contributed by atoms with Gasteiger partial charge in [0.1, 0.15) is 24.7 Å². The van der Waals surface area contributed by atoms with Crippen molar-refractivity contribution in [2.45, 2.75) is 81.5 Å². The van der Waals surface area contributed by atoms with Gasteiger partial charge < -0.3 is 20.5 Å². The summed E-state index contributed by atoms with van der Waals surface area (Å²) in [5.41, 5.74) is 5.35. The lowest BCUT2D eigenvalue weighted by Crippen LogP contribution is -2.61. The van der Waals surface area contributed by atoms with Gasteiger partial charge >= 0.3 is 5.97 Å². The Morgan fingerprint density at radius 2 is 1.86 bits per heavy atom. The molecule has 0 unspecified atom stereocenters. The maximum absolute atomic E-state index is 13.1. The summed E-state index contributed by atoms with van der Waals surface area (Å²) < 4.78 is 4.90. The Labute approximate surface area is 271 Å². The number of aromatic nitrogens is 2. The summed E-state index contributed by atoms with van der Waals surface area (Å²) in [4.78, 5) is 51.3. The van der Waals surface area contributed by atoms with E-state index in [1.54, 1.807) is 31.6 Å². The fraction of sp³-hybridized carbons (Fsp3) is 0.552. The van der Waals surface area contributed by atoms with E-state index in [1.165, 1.54) is 11.9 Å². The van der Waals surface area contributed by atoms with Crippen LogP contribution in [0.3, 0.4) is 0 Å². The monoisotopic (exact) mass is 672 g/mol. The molecule has 4 atom stereocenters. The van der Waals surface area contributed by atoms with Gasteiger partial charge in [-0.2, -0.15) is 5.10 Å².